The van der Waals surface area contributed by atoms with Crippen LogP contribution in [-0.2, 0) is 6.42 Å². The summed E-state index contributed by atoms with van der Waals surface area (Å²) in [7, 11) is 0. The molecule has 0 aromatic heterocycles. The molecule has 0 spiro atoms. The molecule has 0 aliphatic rings. The zero-order valence-electron chi connectivity index (χ0n) is 11.0. The van der Waals surface area contributed by atoms with Crippen LogP contribution in [0.1, 0.15) is 27.8 Å². The molecule has 0 bridgehead atoms. The third-order valence-corrected chi connectivity index (χ3v) is 3.13. The molecule has 18 heavy (non-hydrogen) atoms. The van der Waals surface area contributed by atoms with Gasteiger partial charge in [0.15, 0.2) is 0 Å². The van der Waals surface area contributed by atoms with Crippen LogP contribution >= 0.6 is 0 Å². The normalized spacial score (nSPS) is 10.3. The maximum atomic E-state index is 5.87. The summed E-state index contributed by atoms with van der Waals surface area (Å²) in [5, 5.41) is 0. The lowest BCUT2D eigenvalue weighted by atomic mass is 9.96. The predicted octanol–water partition coefficient (Wildman–Crippen LogP) is 3.82. The summed E-state index contributed by atoms with van der Waals surface area (Å²) >= 11 is 0. The van der Waals surface area contributed by atoms with Gasteiger partial charge in [0.05, 0.1) is 0 Å². The molecule has 0 heterocycles. The van der Waals surface area contributed by atoms with E-state index in [1.807, 2.05) is 0 Å². The summed E-state index contributed by atoms with van der Waals surface area (Å²) in [4.78, 5) is 0. The predicted molar refractivity (Wildman–Crippen MR) is 78.4 cm³/mol. The van der Waals surface area contributed by atoms with Crippen LogP contribution in [-0.4, -0.2) is 0 Å². The Morgan fingerprint density at radius 2 is 1.61 bits per heavy atom. The van der Waals surface area contributed by atoms with E-state index in [1.54, 1.807) is 0 Å². The Morgan fingerprint density at radius 3 is 2.22 bits per heavy atom. The van der Waals surface area contributed by atoms with Crippen LogP contribution in [0.15, 0.2) is 49.0 Å². The van der Waals surface area contributed by atoms with Crippen LogP contribution in [0.5, 0.6) is 0 Å². The largest absolute Gasteiger partial charge is 0.399 e. The molecule has 0 aliphatic heterocycles. The van der Waals surface area contributed by atoms with Crippen molar-refractivity contribution < 1.29 is 0 Å². The lowest BCUT2D eigenvalue weighted by molar-refractivity contribution is 1.16. The van der Waals surface area contributed by atoms with Gasteiger partial charge >= 0.3 is 0 Å². The minimum Gasteiger partial charge on any atom is -0.399 e. The molecule has 0 saturated heterocycles. The second-order valence-electron chi connectivity index (χ2n) is 4.85. The standard InChI is InChI=1S/C17H19N/c1-12-4-7-15(8-5-12)11-16-9-6-13(2)10-17(16)14(3)18/h4-10H,3,11,18H2,1-2H3. The molecular weight excluding hydrogens is 218 g/mol. The van der Waals surface area contributed by atoms with Crippen molar-refractivity contribution in [2.45, 2.75) is 20.3 Å². The Hall–Kier alpha value is -2.02. The highest BCUT2D eigenvalue weighted by Gasteiger charge is 2.05. The first-order chi connectivity index (χ1) is 8.56. The van der Waals surface area contributed by atoms with Crippen molar-refractivity contribution in [1.29, 1.82) is 0 Å². The van der Waals surface area contributed by atoms with Crippen molar-refractivity contribution in [1.82, 2.24) is 0 Å². The van der Waals surface area contributed by atoms with Gasteiger partial charge < -0.3 is 5.73 Å². The molecule has 0 fully saturated rings. The van der Waals surface area contributed by atoms with Crippen LogP contribution in [0, 0.1) is 13.8 Å². The average Bonchev–Trinajstić information content (AvgIpc) is 2.34. The molecule has 1 heteroatoms. The first kappa shape index (κ1) is 12.4. The molecule has 92 valence electrons. The number of rotatable bonds is 3. The van der Waals surface area contributed by atoms with E-state index in [-0.39, 0.29) is 0 Å². The number of hydrogen-bond acceptors (Lipinski definition) is 1. The van der Waals surface area contributed by atoms with E-state index < -0.39 is 0 Å². The summed E-state index contributed by atoms with van der Waals surface area (Å²) in [6.45, 7) is 8.03. The van der Waals surface area contributed by atoms with E-state index in [2.05, 4.69) is 62.9 Å². The summed E-state index contributed by atoms with van der Waals surface area (Å²) in [5.74, 6) is 0. The van der Waals surface area contributed by atoms with E-state index in [1.165, 1.54) is 22.3 Å². The third kappa shape index (κ3) is 2.80. The van der Waals surface area contributed by atoms with Gasteiger partial charge in [-0.25, -0.2) is 0 Å². The number of aryl methyl sites for hydroxylation is 2. The Labute approximate surface area is 109 Å². The second-order valence-corrected chi connectivity index (χ2v) is 4.85. The second kappa shape index (κ2) is 5.09. The fraction of sp³-hybridized carbons (Fsp3) is 0.176. The Bertz CT molecular complexity index is 565. The van der Waals surface area contributed by atoms with E-state index in [0.29, 0.717) is 5.70 Å². The van der Waals surface area contributed by atoms with Gasteiger partial charge in [-0.05, 0) is 37.5 Å². The molecule has 2 rings (SSSR count). The van der Waals surface area contributed by atoms with E-state index in [0.717, 1.165) is 12.0 Å². The SMILES string of the molecule is C=C(N)c1cc(C)ccc1Cc1ccc(C)cc1. The lowest BCUT2D eigenvalue weighted by Crippen LogP contribution is -2.01. The molecule has 0 saturated carbocycles. The van der Waals surface area contributed by atoms with Crippen molar-refractivity contribution >= 4 is 5.70 Å². The fourth-order valence-corrected chi connectivity index (χ4v) is 2.07. The molecule has 0 unspecified atom stereocenters. The maximum absolute atomic E-state index is 5.87. The van der Waals surface area contributed by atoms with Gasteiger partial charge in [0.1, 0.15) is 0 Å². The summed E-state index contributed by atoms with van der Waals surface area (Å²) in [6, 6.07) is 15.0. The van der Waals surface area contributed by atoms with Crippen molar-refractivity contribution in [3.05, 3.63) is 76.9 Å². The summed E-state index contributed by atoms with van der Waals surface area (Å²) in [6.07, 6.45) is 0.895. The number of nitrogens with two attached hydrogens (primary N) is 1. The molecule has 0 aliphatic carbocycles. The topological polar surface area (TPSA) is 26.0 Å². The van der Waals surface area contributed by atoms with Crippen molar-refractivity contribution in [2.75, 3.05) is 0 Å². The highest BCUT2D eigenvalue weighted by atomic mass is 14.6. The minimum absolute atomic E-state index is 0.640. The van der Waals surface area contributed by atoms with Crippen LogP contribution in [0.25, 0.3) is 5.70 Å². The van der Waals surface area contributed by atoms with Gasteiger partial charge in [0.25, 0.3) is 0 Å². The number of hydrogen-bond donors (Lipinski definition) is 1. The first-order valence-corrected chi connectivity index (χ1v) is 6.16. The van der Waals surface area contributed by atoms with Gasteiger partial charge in [-0.15, -0.1) is 0 Å². The maximum Gasteiger partial charge on any atom is 0.0317 e. The van der Waals surface area contributed by atoms with Crippen molar-refractivity contribution in [3.63, 3.8) is 0 Å². The van der Waals surface area contributed by atoms with Gasteiger partial charge in [0, 0.05) is 11.3 Å². The minimum atomic E-state index is 0.640. The number of benzene rings is 2. The molecule has 0 amide bonds. The molecule has 0 radical (unpaired) electrons. The van der Waals surface area contributed by atoms with Crippen LogP contribution < -0.4 is 5.73 Å². The first-order valence-electron chi connectivity index (χ1n) is 6.16. The quantitative estimate of drug-likeness (QED) is 0.862. The van der Waals surface area contributed by atoms with E-state index in [4.69, 9.17) is 5.73 Å². The lowest BCUT2D eigenvalue weighted by Gasteiger charge is -2.10. The smallest absolute Gasteiger partial charge is 0.0317 e. The molecule has 2 aromatic carbocycles. The fourth-order valence-electron chi connectivity index (χ4n) is 2.07. The summed E-state index contributed by atoms with van der Waals surface area (Å²) in [5.41, 5.74) is 12.6. The zero-order valence-corrected chi connectivity index (χ0v) is 11.0. The third-order valence-electron chi connectivity index (χ3n) is 3.13. The molecule has 2 aromatic rings. The molecular formula is C17H19N. The molecule has 2 N–H and O–H groups in total. The zero-order chi connectivity index (χ0) is 13.1. The highest BCUT2D eigenvalue weighted by Crippen LogP contribution is 2.20. The Kier molecular flexibility index (Phi) is 3.52. The summed E-state index contributed by atoms with van der Waals surface area (Å²) < 4.78 is 0. The van der Waals surface area contributed by atoms with Crippen LogP contribution in [0.3, 0.4) is 0 Å². The van der Waals surface area contributed by atoms with Gasteiger partial charge in [-0.2, -0.15) is 0 Å². The van der Waals surface area contributed by atoms with Gasteiger partial charge in [0.2, 0.25) is 0 Å². The average molecular weight is 237 g/mol. The molecule has 1 nitrogen and oxygen atoms in total. The monoisotopic (exact) mass is 237 g/mol. The van der Waals surface area contributed by atoms with Crippen LogP contribution in [0.2, 0.25) is 0 Å². The van der Waals surface area contributed by atoms with E-state index in [9.17, 15) is 0 Å². The van der Waals surface area contributed by atoms with E-state index >= 15 is 0 Å². The highest BCUT2D eigenvalue weighted by molar-refractivity contribution is 5.64. The van der Waals surface area contributed by atoms with Crippen LogP contribution in [0.4, 0.5) is 0 Å². The Morgan fingerprint density at radius 1 is 1.00 bits per heavy atom. The Balaban J connectivity index is 2.34. The van der Waals surface area contributed by atoms with Gasteiger partial charge in [-0.3, -0.25) is 0 Å². The van der Waals surface area contributed by atoms with Gasteiger partial charge in [-0.1, -0.05) is 54.1 Å². The molecule has 0 atom stereocenters. The van der Waals surface area contributed by atoms with Crippen molar-refractivity contribution in [2.24, 2.45) is 5.73 Å². The van der Waals surface area contributed by atoms with Crippen molar-refractivity contribution in [3.8, 4) is 0 Å².